The first-order valence-corrected chi connectivity index (χ1v) is 6.86. The smallest absolute Gasteiger partial charge is 0.252 e. The molecule has 1 heterocycles. The number of carbonyl (C=O) groups is 1. The molecule has 0 aliphatic carbocycles. The molecule has 0 unspecified atom stereocenters. The van der Waals surface area contributed by atoms with Crippen molar-refractivity contribution in [2.45, 2.75) is 12.8 Å². The number of hydrogen-bond donors (Lipinski definition) is 2. The fourth-order valence-corrected chi connectivity index (χ4v) is 2.59. The predicted octanol–water partition coefficient (Wildman–Crippen LogP) is 2.72. The van der Waals surface area contributed by atoms with Gasteiger partial charge in [0.05, 0.1) is 10.6 Å². The largest absolute Gasteiger partial charge is 0.352 e. The highest BCUT2D eigenvalue weighted by Gasteiger charge is 2.15. The van der Waals surface area contributed by atoms with Gasteiger partial charge in [-0.25, -0.2) is 0 Å². The molecule has 0 aromatic heterocycles. The average Bonchev–Trinajstić information content (AvgIpc) is 2.37. The Bertz CT molecular complexity index is 431. The zero-order valence-corrected chi connectivity index (χ0v) is 11.5. The molecule has 2 N–H and O–H groups in total. The zero-order valence-electron chi connectivity index (χ0n) is 10.0. The first kappa shape index (κ1) is 13.7. The highest BCUT2D eigenvalue weighted by atomic mass is 35.5. The predicted molar refractivity (Wildman–Crippen MR) is 74.4 cm³/mol. The van der Waals surface area contributed by atoms with Crippen LogP contribution in [0.25, 0.3) is 0 Å². The molecule has 1 aromatic rings. The normalized spacial score (nSPS) is 16.6. The van der Waals surface area contributed by atoms with Gasteiger partial charge in [-0.05, 0) is 50.0 Å². The van der Waals surface area contributed by atoms with Crippen molar-refractivity contribution in [3.8, 4) is 0 Å². The molecule has 98 valence electrons. The van der Waals surface area contributed by atoms with Crippen molar-refractivity contribution in [2.75, 3.05) is 19.6 Å². The number of carbonyl (C=O) groups excluding carboxylic acids is 1. The summed E-state index contributed by atoms with van der Waals surface area (Å²) in [7, 11) is 0. The van der Waals surface area contributed by atoms with Crippen LogP contribution in [0.2, 0.25) is 10.0 Å². The number of benzene rings is 1. The van der Waals surface area contributed by atoms with E-state index in [4.69, 9.17) is 23.2 Å². The maximum absolute atomic E-state index is 12.0. The summed E-state index contributed by atoms with van der Waals surface area (Å²) in [6, 6.07) is 4.91. The van der Waals surface area contributed by atoms with Gasteiger partial charge in [-0.1, -0.05) is 23.2 Å². The Labute approximate surface area is 117 Å². The van der Waals surface area contributed by atoms with Gasteiger partial charge in [0.2, 0.25) is 0 Å². The van der Waals surface area contributed by atoms with Crippen LogP contribution in [-0.4, -0.2) is 25.5 Å². The van der Waals surface area contributed by atoms with Crippen LogP contribution in [0.1, 0.15) is 23.2 Å². The lowest BCUT2D eigenvalue weighted by Crippen LogP contribution is -2.36. The molecule has 0 spiro atoms. The molecule has 0 atom stereocenters. The number of nitrogens with one attached hydrogen (secondary N) is 2. The zero-order chi connectivity index (χ0) is 13.0. The monoisotopic (exact) mass is 286 g/mol. The lowest BCUT2D eigenvalue weighted by Gasteiger charge is -2.22. The van der Waals surface area contributed by atoms with Gasteiger partial charge in [0.25, 0.3) is 5.91 Å². The van der Waals surface area contributed by atoms with E-state index in [1.54, 1.807) is 18.2 Å². The maximum Gasteiger partial charge on any atom is 0.252 e. The van der Waals surface area contributed by atoms with Crippen LogP contribution in [0.5, 0.6) is 0 Å². The number of halogens is 2. The Balaban J connectivity index is 1.90. The van der Waals surface area contributed by atoms with E-state index in [-0.39, 0.29) is 5.91 Å². The summed E-state index contributed by atoms with van der Waals surface area (Å²) >= 11 is 11.8. The Morgan fingerprint density at radius 1 is 1.33 bits per heavy atom. The molecule has 1 aromatic carbocycles. The van der Waals surface area contributed by atoms with Crippen LogP contribution in [0.3, 0.4) is 0 Å². The maximum atomic E-state index is 12.0. The number of hydrogen-bond acceptors (Lipinski definition) is 2. The quantitative estimate of drug-likeness (QED) is 0.897. The molecule has 18 heavy (non-hydrogen) atoms. The van der Waals surface area contributed by atoms with Crippen LogP contribution in [0.4, 0.5) is 0 Å². The molecule has 1 aliphatic rings. The SMILES string of the molecule is O=C(NCC1CCNCC1)c1ccc(Cl)cc1Cl. The van der Waals surface area contributed by atoms with E-state index in [0.717, 1.165) is 25.9 Å². The molecule has 1 aliphatic heterocycles. The van der Waals surface area contributed by atoms with Crippen molar-refractivity contribution in [3.05, 3.63) is 33.8 Å². The lowest BCUT2D eigenvalue weighted by molar-refractivity contribution is 0.0944. The third kappa shape index (κ3) is 3.61. The minimum atomic E-state index is -0.129. The first-order valence-electron chi connectivity index (χ1n) is 6.11. The molecule has 0 radical (unpaired) electrons. The van der Waals surface area contributed by atoms with Crippen molar-refractivity contribution in [1.29, 1.82) is 0 Å². The number of piperidine rings is 1. The van der Waals surface area contributed by atoms with E-state index in [0.29, 0.717) is 28.1 Å². The van der Waals surface area contributed by atoms with Gasteiger partial charge in [0, 0.05) is 11.6 Å². The standard InChI is InChI=1S/C13H16Cl2N2O/c14-10-1-2-11(12(15)7-10)13(18)17-8-9-3-5-16-6-4-9/h1-2,7,9,16H,3-6,8H2,(H,17,18). The molecule has 5 heteroatoms. The Hall–Kier alpha value is -0.770. The lowest BCUT2D eigenvalue weighted by atomic mass is 9.98. The molecule has 2 rings (SSSR count). The minimum Gasteiger partial charge on any atom is -0.352 e. The van der Waals surface area contributed by atoms with Gasteiger partial charge in [-0.3, -0.25) is 4.79 Å². The van der Waals surface area contributed by atoms with Crippen LogP contribution >= 0.6 is 23.2 Å². The van der Waals surface area contributed by atoms with Gasteiger partial charge in [-0.2, -0.15) is 0 Å². The summed E-state index contributed by atoms with van der Waals surface area (Å²) in [6.07, 6.45) is 2.21. The van der Waals surface area contributed by atoms with Crippen molar-refractivity contribution in [3.63, 3.8) is 0 Å². The summed E-state index contributed by atoms with van der Waals surface area (Å²) in [5, 5.41) is 7.17. The van der Waals surface area contributed by atoms with Crippen LogP contribution in [0, 0.1) is 5.92 Å². The molecule has 0 saturated carbocycles. The minimum absolute atomic E-state index is 0.129. The highest BCUT2D eigenvalue weighted by molar-refractivity contribution is 6.36. The molecular formula is C13H16Cl2N2O. The van der Waals surface area contributed by atoms with Crippen LogP contribution in [-0.2, 0) is 0 Å². The molecule has 3 nitrogen and oxygen atoms in total. The highest BCUT2D eigenvalue weighted by Crippen LogP contribution is 2.21. The van der Waals surface area contributed by atoms with Crippen molar-refractivity contribution >= 4 is 29.1 Å². The van der Waals surface area contributed by atoms with Crippen molar-refractivity contribution in [2.24, 2.45) is 5.92 Å². The van der Waals surface area contributed by atoms with E-state index in [1.165, 1.54) is 0 Å². The average molecular weight is 287 g/mol. The second-order valence-corrected chi connectivity index (χ2v) is 5.37. The fraction of sp³-hybridized carbons (Fsp3) is 0.462. The molecular weight excluding hydrogens is 271 g/mol. The topological polar surface area (TPSA) is 41.1 Å². The van der Waals surface area contributed by atoms with E-state index in [9.17, 15) is 4.79 Å². The molecule has 1 saturated heterocycles. The Morgan fingerprint density at radius 3 is 2.72 bits per heavy atom. The van der Waals surface area contributed by atoms with Crippen LogP contribution < -0.4 is 10.6 Å². The summed E-state index contributed by atoms with van der Waals surface area (Å²) < 4.78 is 0. The summed E-state index contributed by atoms with van der Waals surface area (Å²) in [5.74, 6) is 0.427. The van der Waals surface area contributed by atoms with Gasteiger partial charge < -0.3 is 10.6 Å². The summed E-state index contributed by atoms with van der Waals surface area (Å²) in [5.41, 5.74) is 0.481. The molecule has 0 bridgehead atoms. The summed E-state index contributed by atoms with van der Waals surface area (Å²) in [6.45, 7) is 2.77. The van der Waals surface area contributed by atoms with E-state index >= 15 is 0 Å². The Morgan fingerprint density at radius 2 is 2.06 bits per heavy atom. The number of amides is 1. The van der Waals surface area contributed by atoms with Gasteiger partial charge >= 0.3 is 0 Å². The van der Waals surface area contributed by atoms with Gasteiger partial charge in [0.15, 0.2) is 0 Å². The van der Waals surface area contributed by atoms with Crippen molar-refractivity contribution in [1.82, 2.24) is 10.6 Å². The molecule has 1 amide bonds. The van der Waals surface area contributed by atoms with Gasteiger partial charge in [0.1, 0.15) is 0 Å². The van der Waals surface area contributed by atoms with E-state index < -0.39 is 0 Å². The Kier molecular flexibility index (Phi) is 4.87. The van der Waals surface area contributed by atoms with Crippen LogP contribution in [0.15, 0.2) is 18.2 Å². The third-order valence-electron chi connectivity index (χ3n) is 3.19. The van der Waals surface area contributed by atoms with E-state index in [2.05, 4.69) is 10.6 Å². The second kappa shape index (κ2) is 6.41. The van der Waals surface area contributed by atoms with E-state index in [1.807, 2.05) is 0 Å². The van der Waals surface area contributed by atoms with Crippen molar-refractivity contribution < 1.29 is 4.79 Å². The third-order valence-corrected chi connectivity index (χ3v) is 3.73. The summed E-state index contributed by atoms with van der Waals surface area (Å²) in [4.78, 5) is 12.0. The number of rotatable bonds is 3. The molecule has 1 fully saturated rings. The first-order chi connectivity index (χ1) is 8.66. The second-order valence-electron chi connectivity index (χ2n) is 4.53. The van der Waals surface area contributed by atoms with Gasteiger partial charge in [-0.15, -0.1) is 0 Å². The fourth-order valence-electron chi connectivity index (χ4n) is 2.09.